The third-order valence-corrected chi connectivity index (χ3v) is 4.53. The fourth-order valence-electron chi connectivity index (χ4n) is 2.79. The first-order valence-corrected chi connectivity index (χ1v) is 7.13. The first-order valence-electron chi connectivity index (χ1n) is 7.13. The Kier molecular flexibility index (Phi) is 3.97. The van der Waals surface area contributed by atoms with Crippen molar-refractivity contribution in [3.05, 3.63) is 0 Å². The number of hydrogen-bond acceptors (Lipinski definition) is 3. The van der Waals surface area contributed by atoms with Gasteiger partial charge in [0.1, 0.15) is 0 Å². The summed E-state index contributed by atoms with van der Waals surface area (Å²) in [6.07, 6.45) is 3.17. The molecule has 0 atom stereocenters. The molecule has 0 radical (unpaired) electrons. The highest BCUT2D eigenvalue weighted by Gasteiger charge is 2.44. The lowest BCUT2D eigenvalue weighted by molar-refractivity contribution is -0.143. The maximum absolute atomic E-state index is 12.0. The van der Waals surface area contributed by atoms with E-state index >= 15 is 0 Å². The fourth-order valence-corrected chi connectivity index (χ4v) is 2.79. The van der Waals surface area contributed by atoms with E-state index in [0.717, 1.165) is 32.5 Å². The number of nitrogens with two attached hydrogens (primary N) is 1. The summed E-state index contributed by atoms with van der Waals surface area (Å²) in [7, 11) is 0. The highest BCUT2D eigenvalue weighted by atomic mass is 16.5. The van der Waals surface area contributed by atoms with Crippen LogP contribution in [0.25, 0.3) is 0 Å². The molecule has 1 saturated heterocycles. The zero-order chi connectivity index (χ0) is 13.3. The Hall–Kier alpha value is -0.610. The number of carbonyl (C=O) groups excluding carboxylic acids is 1. The maximum atomic E-state index is 12.0. The summed E-state index contributed by atoms with van der Waals surface area (Å²) in [6, 6.07) is 0. The van der Waals surface area contributed by atoms with Crippen molar-refractivity contribution in [3.63, 3.8) is 0 Å². The minimum absolute atomic E-state index is 0.150. The van der Waals surface area contributed by atoms with E-state index in [9.17, 15) is 4.79 Å². The molecule has 0 aromatic rings. The monoisotopic (exact) mass is 254 g/mol. The van der Waals surface area contributed by atoms with Crippen LogP contribution in [0.3, 0.4) is 0 Å². The van der Waals surface area contributed by atoms with Crippen LogP contribution in [0.5, 0.6) is 0 Å². The van der Waals surface area contributed by atoms with Crippen LogP contribution in [-0.2, 0) is 9.53 Å². The molecule has 0 unspecified atom stereocenters. The number of amides is 1. The third-order valence-electron chi connectivity index (χ3n) is 4.53. The smallest absolute Gasteiger partial charge is 0.222 e. The Balaban J connectivity index is 1.66. The zero-order valence-electron chi connectivity index (χ0n) is 11.8. The Morgan fingerprint density at radius 2 is 2.06 bits per heavy atom. The van der Waals surface area contributed by atoms with E-state index < -0.39 is 0 Å². The number of nitrogens with zero attached hydrogens (tertiary/aromatic N) is 1. The van der Waals surface area contributed by atoms with Crippen molar-refractivity contribution < 1.29 is 9.53 Å². The van der Waals surface area contributed by atoms with Crippen molar-refractivity contribution in [3.8, 4) is 0 Å². The molecule has 0 bridgehead atoms. The zero-order valence-corrected chi connectivity index (χ0v) is 11.8. The molecule has 2 fully saturated rings. The molecule has 2 N–H and O–H groups in total. The van der Waals surface area contributed by atoms with Crippen molar-refractivity contribution in [2.45, 2.75) is 51.7 Å². The molecule has 104 valence electrons. The first-order chi connectivity index (χ1) is 8.44. The van der Waals surface area contributed by atoms with Crippen LogP contribution >= 0.6 is 0 Å². The van der Waals surface area contributed by atoms with Gasteiger partial charge < -0.3 is 15.4 Å². The van der Waals surface area contributed by atoms with Crippen molar-refractivity contribution in [2.75, 3.05) is 19.7 Å². The van der Waals surface area contributed by atoms with Crippen LogP contribution < -0.4 is 5.73 Å². The van der Waals surface area contributed by atoms with Crippen molar-refractivity contribution in [1.82, 2.24) is 4.90 Å². The second kappa shape index (κ2) is 5.17. The molecule has 0 aromatic carbocycles. The minimum Gasteiger partial charge on any atom is -0.378 e. The molecule has 1 aliphatic carbocycles. The molecule has 2 aliphatic rings. The van der Waals surface area contributed by atoms with Gasteiger partial charge in [-0.3, -0.25) is 4.79 Å². The topological polar surface area (TPSA) is 55.6 Å². The van der Waals surface area contributed by atoms with Crippen molar-refractivity contribution in [2.24, 2.45) is 17.6 Å². The van der Waals surface area contributed by atoms with Crippen LogP contribution in [0, 0.1) is 11.8 Å². The molecule has 0 aromatic heterocycles. The van der Waals surface area contributed by atoms with Gasteiger partial charge in [0, 0.05) is 26.1 Å². The lowest BCUT2D eigenvalue weighted by Crippen LogP contribution is -2.71. The summed E-state index contributed by atoms with van der Waals surface area (Å²) in [5.41, 5.74) is 6.05. The molecule has 4 nitrogen and oxygen atoms in total. The maximum Gasteiger partial charge on any atom is 0.222 e. The number of hydrogen-bond donors (Lipinski definition) is 1. The molecule has 1 heterocycles. The van der Waals surface area contributed by atoms with Crippen LogP contribution in [0.4, 0.5) is 0 Å². The Morgan fingerprint density at radius 3 is 2.56 bits per heavy atom. The molecule has 4 heteroatoms. The van der Waals surface area contributed by atoms with Gasteiger partial charge in [-0.1, -0.05) is 13.8 Å². The Morgan fingerprint density at radius 1 is 1.44 bits per heavy atom. The van der Waals surface area contributed by atoms with E-state index in [2.05, 4.69) is 13.8 Å². The normalized spacial score (nSPS) is 29.9. The number of carbonyl (C=O) groups is 1. The predicted octanol–water partition coefficient (Wildman–Crippen LogP) is 1.39. The van der Waals surface area contributed by atoms with Gasteiger partial charge in [0.2, 0.25) is 5.91 Å². The van der Waals surface area contributed by atoms with Gasteiger partial charge >= 0.3 is 0 Å². The minimum atomic E-state index is -0.150. The van der Waals surface area contributed by atoms with Gasteiger partial charge in [-0.05, 0) is 31.6 Å². The quantitative estimate of drug-likeness (QED) is 0.806. The van der Waals surface area contributed by atoms with Gasteiger partial charge in [0.05, 0.1) is 11.6 Å². The Labute approximate surface area is 110 Å². The number of likely N-dealkylation sites (tertiary alicyclic amines) is 1. The number of ether oxygens (including phenoxy) is 1. The molecule has 2 rings (SSSR count). The third kappa shape index (κ3) is 2.69. The molecule has 1 amide bonds. The lowest BCUT2D eigenvalue weighted by atomic mass is 9.77. The van der Waals surface area contributed by atoms with E-state index in [-0.39, 0.29) is 11.4 Å². The highest BCUT2D eigenvalue weighted by Crippen LogP contribution is 2.34. The van der Waals surface area contributed by atoms with Crippen LogP contribution in [-0.4, -0.2) is 42.1 Å². The lowest BCUT2D eigenvalue weighted by Gasteiger charge is -2.51. The summed E-state index contributed by atoms with van der Waals surface area (Å²) in [5.74, 6) is 1.24. The molecular formula is C14H26N2O2. The Bertz CT molecular complexity index is 305. The van der Waals surface area contributed by atoms with E-state index in [1.807, 2.05) is 11.8 Å². The van der Waals surface area contributed by atoms with Crippen LogP contribution in [0.1, 0.15) is 40.0 Å². The van der Waals surface area contributed by atoms with Crippen molar-refractivity contribution in [1.29, 1.82) is 0 Å². The molecule has 1 aliphatic heterocycles. The van der Waals surface area contributed by atoms with Crippen LogP contribution in [0.15, 0.2) is 0 Å². The molecular weight excluding hydrogens is 228 g/mol. The van der Waals surface area contributed by atoms with E-state index in [1.54, 1.807) is 0 Å². The van der Waals surface area contributed by atoms with E-state index in [0.29, 0.717) is 24.4 Å². The standard InChI is InChI=1S/C14H26N2O2/c1-4-18-12-5-11(6-12)7-13(17)16-8-14(15,9-16)10(2)3/h10-12H,4-9,15H2,1-3H3. The van der Waals surface area contributed by atoms with Crippen molar-refractivity contribution >= 4 is 5.91 Å². The summed E-state index contributed by atoms with van der Waals surface area (Å²) in [4.78, 5) is 13.9. The predicted molar refractivity (Wildman–Crippen MR) is 71.1 cm³/mol. The van der Waals surface area contributed by atoms with Gasteiger partial charge in [0.25, 0.3) is 0 Å². The average Bonchev–Trinajstić information content (AvgIpc) is 2.21. The second-order valence-electron chi connectivity index (χ2n) is 6.26. The van der Waals surface area contributed by atoms with Crippen LogP contribution in [0.2, 0.25) is 0 Å². The summed E-state index contributed by atoms with van der Waals surface area (Å²) < 4.78 is 5.51. The van der Waals surface area contributed by atoms with Gasteiger partial charge in [-0.2, -0.15) is 0 Å². The van der Waals surface area contributed by atoms with Gasteiger partial charge in [-0.25, -0.2) is 0 Å². The largest absolute Gasteiger partial charge is 0.378 e. The van der Waals surface area contributed by atoms with Gasteiger partial charge in [-0.15, -0.1) is 0 Å². The fraction of sp³-hybridized carbons (Fsp3) is 0.929. The second-order valence-corrected chi connectivity index (χ2v) is 6.26. The summed E-state index contributed by atoms with van der Waals surface area (Å²) >= 11 is 0. The highest BCUT2D eigenvalue weighted by molar-refractivity contribution is 5.78. The first kappa shape index (κ1) is 13.8. The van der Waals surface area contributed by atoms with Gasteiger partial charge in [0.15, 0.2) is 0 Å². The number of rotatable bonds is 5. The molecule has 0 spiro atoms. The van der Waals surface area contributed by atoms with E-state index in [4.69, 9.17) is 10.5 Å². The summed E-state index contributed by atoms with van der Waals surface area (Å²) in [6.45, 7) is 8.50. The SMILES string of the molecule is CCOC1CC(CC(=O)N2CC(N)(C(C)C)C2)C1. The molecule has 1 saturated carbocycles. The summed E-state index contributed by atoms with van der Waals surface area (Å²) in [5, 5.41) is 0. The average molecular weight is 254 g/mol. The van der Waals surface area contributed by atoms with E-state index in [1.165, 1.54) is 0 Å². The molecule has 18 heavy (non-hydrogen) atoms.